The Morgan fingerprint density at radius 2 is 1.97 bits per heavy atom. The quantitative estimate of drug-likeness (QED) is 0.208. The van der Waals surface area contributed by atoms with Gasteiger partial charge >= 0.3 is 0 Å². The molecule has 2 heterocycles. The van der Waals surface area contributed by atoms with Gasteiger partial charge in [0.05, 0.1) is 23.0 Å². The Balaban J connectivity index is 1.49. The molecule has 154 valence electrons. The summed E-state index contributed by atoms with van der Waals surface area (Å²) in [6.45, 7) is 0.395. The highest BCUT2D eigenvalue weighted by molar-refractivity contribution is 7.99. The van der Waals surface area contributed by atoms with E-state index in [2.05, 4.69) is 24.3 Å². The first-order valence-corrected chi connectivity index (χ1v) is 12.7. The normalized spacial score (nSPS) is 11.1. The summed E-state index contributed by atoms with van der Waals surface area (Å²) in [4.78, 5) is 22.1. The summed E-state index contributed by atoms with van der Waals surface area (Å²) in [5.74, 6) is 1.73. The zero-order chi connectivity index (χ0) is 20.8. The number of furan rings is 1. The third kappa shape index (κ3) is 5.09. The minimum absolute atomic E-state index is 0.0739. The molecule has 0 bridgehead atoms. The van der Waals surface area contributed by atoms with Crippen molar-refractivity contribution in [3.8, 4) is 0 Å². The summed E-state index contributed by atoms with van der Waals surface area (Å²) in [6, 6.07) is 20.2. The molecule has 0 atom stereocenters. The summed E-state index contributed by atoms with van der Waals surface area (Å²) < 4.78 is 6.60. The van der Waals surface area contributed by atoms with Gasteiger partial charge in [0.2, 0.25) is 5.91 Å². The van der Waals surface area contributed by atoms with Crippen LogP contribution in [-0.2, 0) is 11.3 Å². The molecule has 2 aromatic heterocycles. The standard InChI is InChI=1S/C23H22N2O2S3/c1-28-19-11-5-12-20-22(19)24-23(30-20)25(16-17-8-6-14-27-17)21(26)13-7-15-29-18-9-3-2-4-10-18/h2-6,8-12,14H,7,13,15-16H2,1H3. The smallest absolute Gasteiger partial charge is 0.229 e. The van der Waals surface area contributed by atoms with Crippen LogP contribution in [0.5, 0.6) is 0 Å². The third-order valence-corrected chi connectivity index (χ3v) is 7.47. The topological polar surface area (TPSA) is 46.3 Å². The Labute approximate surface area is 188 Å². The number of aromatic nitrogens is 1. The molecule has 0 saturated carbocycles. The number of hydrogen-bond acceptors (Lipinski definition) is 6. The Kier molecular flexibility index (Phi) is 7.15. The number of benzene rings is 2. The number of fused-ring (bicyclic) bond motifs is 1. The maximum Gasteiger partial charge on any atom is 0.229 e. The van der Waals surface area contributed by atoms with Gasteiger partial charge in [-0.05, 0) is 54.8 Å². The van der Waals surface area contributed by atoms with E-state index >= 15 is 0 Å². The molecule has 0 aliphatic rings. The van der Waals surface area contributed by atoms with Crippen LogP contribution in [0.15, 0.2) is 81.1 Å². The van der Waals surface area contributed by atoms with E-state index in [4.69, 9.17) is 9.40 Å². The second kappa shape index (κ2) is 10.2. The summed E-state index contributed by atoms with van der Waals surface area (Å²) in [5.41, 5.74) is 0.960. The van der Waals surface area contributed by atoms with Gasteiger partial charge in [-0.2, -0.15) is 0 Å². The number of para-hydroxylation sites is 1. The zero-order valence-corrected chi connectivity index (χ0v) is 19.1. The van der Waals surface area contributed by atoms with Crippen molar-refractivity contribution in [1.29, 1.82) is 0 Å². The fourth-order valence-corrected chi connectivity index (χ4v) is 5.59. The molecular formula is C23H22N2O2S3. The summed E-state index contributed by atoms with van der Waals surface area (Å²) in [7, 11) is 0. The van der Waals surface area contributed by atoms with Crippen molar-refractivity contribution in [2.45, 2.75) is 29.2 Å². The Hall–Kier alpha value is -2.22. The third-order valence-electron chi connectivity index (χ3n) is 4.56. The van der Waals surface area contributed by atoms with Gasteiger partial charge in [0.15, 0.2) is 5.13 Å². The molecule has 0 radical (unpaired) electrons. The van der Waals surface area contributed by atoms with Crippen molar-refractivity contribution in [3.63, 3.8) is 0 Å². The summed E-state index contributed by atoms with van der Waals surface area (Å²) in [6.07, 6.45) is 4.97. The SMILES string of the molecule is CSc1cccc2sc(N(Cc3ccco3)C(=O)CCCSc3ccccc3)nc12. The number of thiazole rings is 1. The lowest BCUT2D eigenvalue weighted by Crippen LogP contribution is -2.30. The van der Waals surface area contributed by atoms with Crippen LogP contribution >= 0.6 is 34.9 Å². The van der Waals surface area contributed by atoms with Crippen LogP contribution in [0.2, 0.25) is 0 Å². The van der Waals surface area contributed by atoms with Gasteiger partial charge in [0.1, 0.15) is 5.76 Å². The first kappa shape index (κ1) is 21.0. The Morgan fingerprint density at radius 1 is 1.10 bits per heavy atom. The number of anilines is 1. The molecular weight excluding hydrogens is 432 g/mol. The van der Waals surface area contributed by atoms with Crippen LogP contribution in [0.25, 0.3) is 10.2 Å². The fourth-order valence-electron chi connectivity index (χ4n) is 3.08. The molecule has 2 aromatic carbocycles. The molecule has 30 heavy (non-hydrogen) atoms. The van der Waals surface area contributed by atoms with Crippen molar-refractivity contribution in [1.82, 2.24) is 4.98 Å². The predicted molar refractivity (Wildman–Crippen MR) is 128 cm³/mol. The van der Waals surface area contributed by atoms with Crippen molar-refractivity contribution in [3.05, 3.63) is 72.7 Å². The predicted octanol–water partition coefficient (Wildman–Crippen LogP) is 6.72. The van der Waals surface area contributed by atoms with Crippen molar-refractivity contribution in [2.24, 2.45) is 0 Å². The van der Waals surface area contributed by atoms with Crippen LogP contribution in [0.3, 0.4) is 0 Å². The van der Waals surface area contributed by atoms with Crippen LogP contribution in [-0.4, -0.2) is 22.9 Å². The number of carbonyl (C=O) groups is 1. The average Bonchev–Trinajstić information content (AvgIpc) is 3.45. The number of carbonyl (C=O) groups excluding carboxylic acids is 1. The average molecular weight is 455 g/mol. The largest absolute Gasteiger partial charge is 0.467 e. The number of rotatable bonds is 9. The van der Waals surface area contributed by atoms with E-state index in [0.29, 0.717) is 13.0 Å². The van der Waals surface area contributed by atoms with Crippen LogP contribution in [0, 0.1) is 0 Å². The monoisotopic (exact) mass is 454 g/mol. The van der Waals surface area contributed by atoms with Gasteiger partial charge in [0.25, 0.3) is 0 Å². The molecule has 4 rings (SSSR count). The molecule has 0 aliphatic carbocycles. The molecule has 7 heteroatoms. The van der Waals surface area contributed by atoms with E-state index in [0.717, 1.165) is 38.2 Å². The summed E-state index contributed by atoms with van der Waals surface area (Å²) >= 11 is 5.01. The van der Waals surface area contributed by atoms with Crippen LogP contribution in [0.1, 0.15) is 18.6 Å². The van der Waals surface area contributed by atoms with Crippen molar-refractivity contribution in [2.75, 3.05) is 16.9 Å². The molecule has 0 fully saturated rings. The molecule has 0 unspecified atom stereocenters. The van der Waals surface area contributed by atoms with Gasteiger partial charge < -0.3 is 4.42 Å². The minimum atomic E-state index is 0.0739. The molecule has 4 nitrogen and oxygen atoms in total. The van der Waals surface area contributed by atoms with E-state index in [-0.39, 0.29) is 5.91 Å². The first-order valence-electron chi connectivity index (χ1n) is 9.69. The van der Waals surface area contributed by atoms with Gasteiger partial charge in [0, 0.05) is 16.2 Å². The maximum absolute atomic E-state index is 13.1. The van der Waals surface area contributed by atoms with Crippen LogP contribution < -0.4 is 4.90 Å². The van der Waals surface area contributed by atoms with E-state index < -0.39 is 0 Å². The maximum atomic E-state index is 13.1. The first-order chi connectivity index (χ1) is 14.7. The molecule has 1 amide bonds. The lowest BCUT2D eigenvalue weighted by atomic mass is 10.3. The zero-order valence-electron chi connectivity index (χ0n) is 16.6. The van der Waals surface area contributed by atoms with Gasteiger partial charge in [-0.1, -0.05) is 35.6 Å². The number of amides is 1. The lowest BCUT2D eigenvalue weighted by molar-refractivity contribution is -0.118. The van der Waals surface area contributed by atoms with Crippen molar-refractivity contribution < 1.29 is 9.21 Å². The molecule has 0 aliphatic heterocycles. The molecule has 0 saturated heterocycles. The highest BCUT2D eigenvalue weighted by Gasteiger charge is 2.21. The highest BCUT2D eigenvalue weighted by Crippen LogP contribution is 2.35. The van der Waals surface area contributed by atoms with Crippen molar-refractivity contribution >= 4 is 56.1 Å². The summed E-state index contributed by atoms with van der Waals surface area (Å²) in [5, 5.41) is 0.726. The minimum Gasteiger partial charge on any atom is -0.467 e. The van der Waals surface area contributed by atoms with Gasteiger partial charge in [-0.25, -0.2) is 4.98 Å². The Morgan fingerprint density at radius 3 is 2.73 bits per heavy atom. The van der Waals surface area contributed by atoms with E-state index in [1.54, 1.807) is 46.0 Å². The highest BCUT2D eigenvalue weighted by atomic mass is 32.2. The number of hydrogen-bond donors (Lipinski definition) is 0. The number of nitrogens with zero attached hydrogens (tertiary/aromatic N) is 2. The van der Waals surface area contributed by atoms with Gasteiger partial charge in [-0.3, -0.25) is 9.69 Å². The number of thioether (sulfide) groups is 2. The second-order valence-electron chi connectivity index (χ2n) is 6.63. The molecule has 0 spiro atoms. The van der Waals surface area contributed by atoms with E-state index in [1.807, 2.05) is 42.7 Å². The molecule has 0 N–H and O–H groups in total. The molecule has 4 aromatic rings. The fraction of sp³-hybridized carbons (Fsp3) is 0.217. The second-order valence-corrected chi connectivity index (χ2v) is 9.65. The van der Waals surface area contributed by atoms with E-state index in [1.165, 1.54) is 4.90 Å². The Bertz CT molecular complexity index is 1090. The lowest BCUT2D eigenvalue weighted by Gasteiger charge is -2.18. The van der Waals surface area contributed by atoms with Crippen LogP contribution in [0.4, 0.5) is 5.13 Å². The van der Waals surface area contributed by atoms with Gasteiger partial charge in [-0.15, -0.1) is 23.5 Å². The van der Waals surface area contributed by atoms with E-state index in [9.17, 15) is 4.79 Å².